The van der Waals surface area contributed by atoms with Gasteiger partial charge < -0.3 is 10.1 Å². The van der Waals surface area contributed by atoms with E-state index in [0.717, 1.165) is 16.7 Å². The number of carbonyl (C=O) groups is 2. The Balaban J connectivity index is 1.70. The summed E-state index contributed by atoms with van der Waals surface area (Å²) in [6, 6.07) is 22.8. The third-order valence-electron chi connectivity index (χ3n) is 5.89. The summed E-state index contributed by atoms with van der Waals surface area (Å²) in [5, 5.41) is 3.03. The molecule has 0 fully saturated rings. The van der Waals surface area contributed by atoms with Gasteiger partial charge in [0.1, 0.15) is 11.3 Å². The van der Waals surface area contributed by atoms with E-state index in [2.05, 4.69) is 5.32 Å². The lowest BCUT2D eigenvalue weighted by Crippen LogP contribution is -2.63. The van der Waals surface area contributed by atoms with Gasteiger partial charge in [-0.3, -0.25) is 14.5 Å². The van der Waals surface area contributed by atoms with E-state index < -0.39 is 5.54 Å². The van der Waals surface area contributed by atoms with Crippen molar-refractivity contribution in [2.24, 2.45) is 0 Å². The van der Waals surface area contributed by atoms with Crippen molar-refractivity contribution < 1.29 is 14.3 Å². The lowest BCUT2D eigenvalue weighted by atomic mass is 9.82. The first-order chi connectivity index (χ1) is 14.9. The molecule has 0 unspecified atom stereocenters. The van der Waals surface area contributed by atoms with Crippen LogP contribution in [0.3, 0.4) is 0 Å². The van der Waals surface area contributed by atoms with Crippen LogP contribution in [-0.4, -0.2) is 24.5 Å². The van der Waals surface area contributed by atoms with Gasteiger partial charge in [0.2, 0.25) is 5.91 Å². The molecule has 0 bridgehead atoms. The molecule has 1 heterocycles. The maximum absolute atomic E-state index is 13.6. The van der Waals surface area contributed by atoms with E-state index in [0.29, 0.717) is 30.0 Å². The minimum absolute atomic E-state index is 0.166. The van der Waals surface area contributed by atoms with Gasteiger partial charge in [-0.2, -0.15) is 0 Å². The molecule has 0 saturated heterocycles. The van der Waals surface area contributed by atoms with E-state index in [9.17, 15) is 9.59 Å². The van der Waals surface area contributed by atoms with Crippen molar-refractivity contribution in [1.82, 2.24) is 5.32 Å². The second-order valence-electron chi connectivity index (χ2n) is 8.08. The SMILES string of the molecule is COc1ccccc1CNC(=O)[C@]1(C)Cc2ccccc2C(=O)N1c1ccc(C)cc1. The Labute approximate surface area is 182 Å². The first-order valence-corrected chi connectivity index (χ1v) is 10.3. The standard InChI is InChI=1S/C26H26N2O3/c1-18-12-14-21(15-13-18)28-24(29)22-10-6-4-8-19(22)16-26(28,2)25(30)27-17-20-9-5-7-11-23(20)31-3/h4-15H,16-17H2,1-3H3,(H,27,30)/t26-/m0/s1. The predicted molar refractivity (Wildman–Crippen MR) is 121 cm³/mol. The number of carbonyl (C=O) groups excluding carboxylic acids is 2. The fourth-order valence-electron chi connectivity index (χ4n) is 4.17. The highest BCUT2D eigenvalue weighted by atomic mass is 16.5. The lowest BCUT2D eigenvalue weighted by molar-refractivity contribution is -0.126. The number of hydrogen-bond acceptors (Lipinski definition) is 3. The van der Waals surface area contributed by atoms with Crippen LogP contribution in [0.15, 0.2) is 72.8 Å². The van der Waals surface area contributed by atoms with Crippen molar-refractivity contribution in [3.05, 3.63) is 95.1 Å². The second-order valence-corrected chi connectivity index (χ2v) is 8.08. The molecule has 1 N–H and O–H groups in total. The summed E-state index contributed by atoms with van der Waals surface area (Å²) in [6.07, 6.45) is 0.431. The van der Waals surface area contributed by atoms with Gasteiger partial charge in [-0.15, -0.1) is 0 Å². The topological polar surface area (TPSA) is 58.6 Å². The van der Waals surface area contributed by atoms with Crippen LogP contribution in [0.5, 0.6) is 5.75 Å². The fourth-order valence-corrected chi connectivity index (χ4v) is 4.17. The van der Waals surface area contributed by atoms with E-state index >= 15 is 0 Å². The van der Waals surface area contributed by atoms with Crippen molar-refractivity contribution in [2.45, 2.75) is 32.4 Å². The number of amides is 2. The molecule has 4 rings (SSSR count). The van der Waals surface area contributed by atoms with Crippen LogP contribution in [-0.2, 0) is 17.8 Å². The summed E-state index contributed by atoms with van der Waals surface area (Å²) in [5.74, 6) is 0.343. The highest BCUT2D eigenvalue weighted by Crippen LogP contribution is 2.35. The molecule has 0 saturated carbocycles. The maximum atomic E-state index is 13.6. The molecule has 5 heteroatoms. The maximum Gasteiger partial charge on any atom is 0.259 e. The summed E-state index contributed by atoms with van der Waals surface area (Å²) < 4.78 is 5.40. The van der Waals surface area contributed by atoms with Crippen LogP contribution < -0.4 is 15.0 Å². The molecule has 158 valence electrons. The van der Waals surface area contributed by atoms with Crippen molar-refractivity contribution in [1.29, 1.82) is 0 Å². The molecule has 1 aliphatic heterocycles. The molecule has 3 aromatic carbocycles. The highest BCUT2D eigenvalue weighted by Gasteiger charge is 2.47. The van der Waals surface area contributed by atoms with Gasteiger partial charge in [0.15, 0.2) is 0 Å². The molecule has 3 aromatic rings. The number of hydrogen-bond donors (Lipinski definition) is 1. The summed E-state index contributed by atoms with van der Waals surface area (Å²) in [7, 11) is 1.61. The van der Waals surface area contributed by atoms with Crippen molar-refractivity contribution in [3.63, 3.8) is 0 Å². The van der Waals surface area contributed by atoms with E-state index in [1.54, 1.807) is 12.0 Å². The summed E-state index contributed by atoms with van der Waals surface area (Å²) in [6.45, 7) is 4.14. The normalized spacial score (nSPS) is 17.8. The number of aryl methyl sites for hydroxylation is 1. The van der Waals surface area contributed by atoms with Crippen molar-refractivity contribution >= 4 is 17.5 Å². The van der Waals surface area contributed by atoms with Gasteiger partial charge in [-0.05, 0) is 43.7 Å². The predicted octanol–water partition coefficient (Wildman–Crippen LogP) is 4.28. The molecule has 31 heavy (non-hydrogen) atoms. The molecular formula is C26H26N2O3. The van der Waals surface area contributed by atoms with E-state index in [1.165, 1.54) is 0 Å². The van der Waals surface area contributed by atoms with E-state index in [4.69, 9.17) is 4.74 Å². The largest absolute Gasteiger partial charge is 0.496 e. The Morgan fingerprint density at radius 3 is 2.45 bits per heavy atom. The van der Waals surface area contributed by atoms with Gasteiger partial charge in [0.05, 0.1) is 7.11 Å². The van der Waals surface area contributed by atoms with Gasteiger partial charge in [-0.1, -0.05) is 54.1 Å². The molecule has 5 nitrogen and oxygen atoms in total. The minimum atomic E-state index is -1.07. The molecule has 0 spiro atoms. The molecule has 2 amide bonds. The highest BCUT2D eigenvalue weighted by molar-refractivity contribution is 6.14. The summed E-state index contributed by atoms with van der Waals surface area (Å²) in [5.41, 5.74) is 3.13. The van der Waals surface area contributed by atoms with E-state index in [1.807, 2.05) is 86.6 Å². The first kappa shape index (κ1) is 20.7. The molecular weight excluding hydrogens is 388 g/mol. The van der Waals surface area contributed by atoms with Gasteiger partial charge in [0.25, 0.3) is 5.91 Å². The van der Waals surface area contributed by atoms with Gasteiger partial charge >= 0.3 is 0 Å². The number of para-hydroxylation sites is 1. The van der Waals surface area contributed by atoms with Crippen LogP contribution in [0.4, 0.5) is 5.69 Å². The Hall–Kier alpha value is -3.60. The zero-order valence-electron chi connectivity index (χ0n) is 18.0. The minimum Gasteiger partial charge on any atom is -0.496 e. The Morgan fingerprint density at radius 2 is 1.71 bits per heavy atom. The number of ether oxygens (including phenoxy) is 1. The number of nitrogens with one attached hydrogen (secondary N) is 1. The molecule has 1 aliphatic rings. The summed E-state index contributed by atoms with van der Waals surface area (Å²) >= 11 is 0. The van der Waals surface area contributed by atoms with Crippen LogP contribution in [0.25, 0.3) is 0 Å². The van der Waals surface area contributed by atoms with Crippen LogP contribution in [0.1, 0.15) is 34.0 Å². The van der Waals surface area contributed by atoms with Crippen LogP contribution >= 0.6 is 0 Å². The van der Waals surface area contributed by atoms with E-state index in [-0.39, 0.29) is 11.8 Å². The number of methoxy groups -OCH3 is 1. The average molecular weight is 415 g/mol. The quantitative estimate of drug-likeness (QED) is 0.678. The smallest absolute Gasteiger partial charge is 0.259 e. The third-order valence-corrected chi connectivity index (χ3v) is 5.89. The zero-order valence-corrected chi connectivity index (χ0v) is 18.0. The monoisotopic (exact) mass is 414 g/mol. The molecule has 1 atom stereocenters. The van der Waals surface area contributed by atoms with Crippen molar-refractivity contribution in [2.75, 3.05) is 12.0 Å². The summed E-state index contributed by atoms with van der Waals surface area (Å²) in [4.78, 5) is 28.7. The number of fused-ring (bicyclic) bond motifs is 1. The Kier molecular flexibility index (Phi) is 5.51. The lowest BCUT2D eigenvalue weighted by Gasteiger charge is -2.44. The average Bonchev–Trinajstić information content (AvgIpc) is 2.79. The fraction of sp³-hybridized carbons (Fsp3) is 0.231. The molecule has 0 aliphatic carbocycles. The number of anilines is 1. The zero-order chi connectivity index (χ0) is 22.0. The third kappa shape index (κ3) is 3.79. The molecule has 0 radical (unpaired) electrons. The van der Waals surface area contributed by atoms with Gasteiger partial charge in [-0.25, -0.2) is 0 Å². The van der Waals surface area contributed by atoms with Crippen LogP contribution in [0.2, 0.25) is 0 Å². The van der Waals surface area contributed by atoms with Crippen molar-refractivity contribution in [3.8, 4) is 5.75 Å². The number of rotatable bonds is 5. The number of benzene rings is 3. The first-order valence-electron chi connectivity index (χ1n) is 10.3. The number of nitrogens with zero attached hydrogens (tertiary/aromatic N) is 1. The Morgan fingerprint density at radius 1 is 1.03 bits per heavy atom. The Bertz CT molecular complexity index is 1120. The molecule has 0 aromatic heterocycles. The van der Waals surface area contributed by atoms with Crippen LogP contribution in [0, 0.1) is 6.92 Å². The van der Waals surface area contributed by atoms with Gasteiger partial charge in [0, 0.05) is 29.8 Å². The second kappa shape index (κ2) is 8.26.